The van der Waals surface area contributed by atoms with Crippen molar-refractivity contribution in [3.63, 3.8) is 0 Å². The first-order valence-corrected chi connectivity index (χ1v) is 10.5. The first kappa shape index (κ1) is 19.7. The van der Waals surface area contributed by atoms with Gasteiger partial charge in [-0.05, 0) is 55.3 Å². The van der Waals surface area contributed by atoms with Crippen LogP contribution in [-0.4, -0.2) is 23.9 Å². The smallest absolute Gasteiger partial charge is 0.227 e. The van der Waals surface area contributed by atoms with Gasteiger partial charge in [0, 0.05) is 28.7 Å². The summed E-state index contributed by atoms with van der Waals surface area (Å²) in [6, 6.07) is 26.2. The van der Waals surface area contributed by atoms with Gasteiger partial charge in [0.2, 0.25) is 5.91 Å². The number of carbonyl (C=O) groups is 1. The van der Waals surface area contributed by atoms with Crippen molar-refractivity contribution < 1.29 is 4.79 Å². The summed E-state index contributed by atoms with van der Waals surface area (Å²) in [5.74, 6) is 0.180. The van der Waals surface area contributed by atoms with Crippen LogP contribution in [0.25, 0.3) is 11.1 Å². The summed E-state index contributed by atoms with van der Waals surface area (Å²) in [7, 11) is 0. The van der Waals surface area contributed by atoms with Gasteiger partial charge in [0.25, 0.3) is 0 Å². The van der Waals surface area contributed by atoms with Gasteiger partial charge in [-0.3, -0.25) is 9.69 Å². The second-order valence-electron chi connectivity index (χ2n) is 7.58. The molecule has 148 valence electrons. The summed E-state index contributed by atoms with van der Waals surface area (Å²) in [6.45, 7) is 2.77. The number of para-hydroxylation sites is 1. The van der Waals surface area contributed by atoms with E-state index in [0.717, 1.165) is 54.3 Å². The van der Waals surface area contributed by atoms with Crippen LogP contribution in [0.3, 0.4) is 0 Å². The van der Waals surface area contributed by atoms with Crippen LogP contribution in [0.15, 0.2) is 78.9 Å². The van der Waals surface area contributed by atoms with E-state index in [1.165, 1.54) is 5.56 Å². The van der Waals surface area contributed by atoms with Gasteiger partial charge < -0.3 is 5.32 Å². The molecule has 0 radical (unpaired) electrons. The number of rotatable bonds is 5. The van der Waals surface area contributed by atoms with Gasteiger partial charge in [-0.15, -0.1) is 0 Å². The molecule has 4 rings (SSSR count). The van der Waals surface area contributed by atoms with Crippen LogP contribution in [0.1, 0.15) is 18.4 Å². The van der Waals surface area contributed by atoms with Crippen molar-refractivity contribution in [2.75, 3.05) is 18.4 Å². The Morgan fingerprint density at radius 2 is 1.55 bits per heavy atom. The zero-order valence-electron chi connectivity index (χ0n) is 16.4. The summed E-state index contributed by atoms with van der Waals surface area (Å²) in [4.78, 5) is 15.3. The van der Waals surface area contributed by atoms with Gasteiger partial charge in [0.1, 0.15) is 0 Å². The Morgan fingerprint density at radius 1 is 0.897 bits per heavy atom. The molecule has 1 amide bonds. The van der Waals surface area contributed by atoms with Gasteiger partial charge in [0.15, 0.2) is 0 Å². The lowest BCUT2D eigenvalue weighted by Gasteiger charge is -2.31. The first-order valence-electron chi connectivity index (χ1n) is 10.1. The molecule has 1 N–H and O–H groups in total. The van der Waals surface area contributed by atoms with Gasteiger partial charge in [-0.25, -0.2) is 0 Å². The molecule has 3 aromatic carbocycles. The number of halogens is 1. The highest BCUT2D eigenvalue weighted by molar-refractivity contribution is 6.30. The van der Waals surface area contributed by atoms with Crippen LogP contribution in [0, 0.1) is 5.92 Å². The lowest BCUT2D eigenvalue weighted by molar-refractivity contribution is -0.121. The van der Waals surface area contributed by atoms with E-state index in [9.17, 15) is 4.79 Å². The van der Waals surface area contributed by atoms with Crippen molar-refractivity contribution in [2.45, 2.75) is 19.4 Å². The Bertz CT molecular complexity index is 948. The van der Waals surface area contributed by atoms with E-state index < -0.39 is 0 Å². The molecule has 0 spiro atoms. The average molecular weight is 405 g/mol. The lowest BCUT2D eigenvalue weighted by atomic mass is 9.95. The second-order valence-corrected chi connectivity index (χ2v) is 8.01. The van der Waals surface area contributed by atoms with Crippen LogP contribution in [-0.2, 0) is 11.3 Å². The molecule has 1 saturated heterocycles. The van der Waals surface area contributed by atoms with Gasteiger partial charge in [-0.2, -0.15) is 0 Å². The van der Waals surface area contributed by atoms with Gasteiger partial charge >= 0.3 is 0 Å². The van der Waals surface area contributed by atoms with Crippen LogP contribution >= 0.6 is 11.6 Å². The third-order valence-corrected chi connectivity index (χ3v) is 5.80. The predicted octanol–water partition coefficient (Wildman–Crippen LogP) is 5.86. The maximum Gasteiger partial charge on any atom is 0.227 e. The third-order valence-electron chi connectivity index (χ3n) is 5.55. The average Bonchev–Trinajstić information content (AvgIpc) is 2.77. The molecule has 0 saturated carbocycles. The topological polar surface area (TPSA) is 32.3 Å². The van der Waals surface area contributed by atoms with E-state index in [1.807, 2.05) is 48.5 Å². The van der Waals surface area contributed by atoms with Crippen LogP contribution < -0.4 is 5.32 Å². The minimum Gasteiger partial charge on any atom is -0.325 e. The normalized spacial score (nSPS) is 15.2. The fourth-order valence-electron chi connectivity index (χ4n) is 3.90. The van der Waals surface area contributed by atoms with E-state index in [0.29, 0.717) is 0 Å². The van der Waals surface area contributed by atoms with Crippen molar-refractivity contribution in [1.29, 1.82) is 0 Å². The zero-order chi connectivity index (χ0) is 20.1. The molecule has 0 aliphatic carbocycles. The molecule has 0 atom stereocenters. The number of nitrogens with one attached hydrogen (secondary N) is 1. The molecule has 0 unspecified atom stereocenters. The summed E-state index contributed by atoms with van der Waals surface area (Å²) in [5.41, 5.74) is 4.31. The molecule has 0 bridgehead atoms. The Hall–Kier alpha value is -2.62. The van der Waals surface area contributed by atoms with Crippen molar-refractivity contribution in [2.24, 2.45) is 5.92 Å². The van der Waals surface area contributed by atoms with Crippen LogP contribution in [0.2, 0.25) is 5.02 Å². The third kappa shape index (κ3) is 5.06. The molecule has 3 aromatic rings. The Morgan fingerprint density at radius 3 is 2.28 bits per heavy atom. The summed E-state index contributed by atoms with van der Waals surface area (Å²) in [5, 5.41) is 3.94. The van der Waals surface area contributed by atoms with Crippen molar-refractivity contribution in [3.05, 3.63) is 89.4 Å². The molecule has 3 nitrogen and oxygen atoms in total. The van der Waals surface area contributed by atoms with Gasteiger partial charge in [0.05, 0.1) is 0 Å². The molecule has 1 heterocycles. The standard InChI is InChI=1S/C25H25ClN2O/c26-22-12-10-19(11-13-22)18-28-16-14-21(15-17-28)25(29)27-24-9-5-4-8-23(24)20-6-2-1-3-7-20/h1-13,21H,14-18H2,(H,27,29). The number of carbonyl (C=O) groups excluding carboxylic acids is 1. The van der Waals surface area contributed by atoms with E-state index in [1.54, 1.807) is 0 Å². The number of likely N-dealkylation sites (tertiary alicyclic amines) is 1. The van der Waals surface area contributed by atoms with Gasteiger partial charge in [-0.1, -0.05) is 72.3 Å². The summed E-state index contributed by atoms with van der Waals surface area (Å²) < 4.78 is 0. The highest BCUT2D eigenvalue weighted by Crippen LogP contribution is 2.29. The first-order chi connectivity index (χ1) is 14.2. The second kappa shape index (κ2) is 9.25. The fourth-order valence-corrected chi connectivity index (χ4v) is 4.02. The number of benzene rings is 3. The lowest BCUT2D eigenvalue weighted by Crippen LogP contribution is -2.37. The summed E-state index contributed by atoms with van der Waals surface area (Å²) in [6.07, 6.45) is 1.76. The number of anilines is 1. The summed E-state index contributed by atoms with van der Waals surface area (Å²) >= 11 is 5.97. The highest BCUT2D eigenvalue weighted by Gasteiger charge is 2.25. The number of hydrogen-bond donors (Lipinski definition) is 1. The predicted molar refractivity (Wildman–Crippen MR) is 120 cm³/mol. The van der Waals surface area contributed by atoms with E-state index in [-0.39, 0.29) is 11.8 Å². The zero-order valence-corrected chi connectivity index (χ0v) is 17.1. The molecule has 1 aliphatic heterocycles. The van der Waals surface area contributed by atoms with Crippen molar-refractivity contribution in [3.8, 4) is 11.1 Å². The van der Waals surface area contributed by atoms with E-state index >= 15 is 0 Å². The molecule has 1 fully saturated rings. The minimum atomic E-state index is 0.0558. The van der Waals surface area contributed by atoms with Crippen LogP contribution in [0.5, 0.6) is 0 Å². The Labute approximate surface area is 177 Å². The Balaban J connectivity index is 1.35. The number of piperidine rings is 1. The van der Waals surface area contributed by atoms with Crippen molar-refractivity contribution in [1.82, 2.24) is 4.90 Å². The monoisotopic (exact) mass is 404 g/mol. The number of amides is 1. The SMILES string of the molecule is O=C(Nc1ccccc1-c1ccccc1)C1CCN(Cc2ccc(Cl)cc2)CC1. The molecular formula is C25H25ClN2O. The van der Waals surface area contributed by atoms with E-state index in [2.05, 4.69) is 40.5 Å². The number of hydrogen-bond acceptors (Lipinski definition) is 2. The molecule has 1 aliphatic rings. The van der Waals surface area contributed by atoms with Crippen molar-refractivity contribution >= 4 is 23.2 Å². The minimum absolute atomic E-state index is 0.0558. The molecule has 29 heavy (non-hydrogen) atoms. The Kier molecular flexibility index (Phi) is 6.28. The maximum atomic E-state index is 12.9. The maximum absolute atomic E-state index is 12.9. The fraction of sp³-hybridized carbons (Fsp3) is 0.240. The number of nitrogens with zero attached hydrogens (tertiary/aromatic N) is 1. The van der Waals surface area contributed by atoms with Crippen LogP contribution in [0.4, 0.5) is 5.69 Å². The van der Waals surface area contributed by atoms with E-state index in [4.69, 9.17) is 11.6 Å². The molecular weight excluding hydrogens is 380 g/mol. The molecule has 0 aromatic heterocycles. The molecule has 4 heteroatoms. The highest BCUT2D eigenvalue weighted by atomic mass is 35.5. The quantitative estimate of drug-likeness (QED) is 0.577. The largest absolute Gasteiger partial charge is 0.325 e.